The molecular weight excluding hydrogens is 1450 g/mol. The molecule has 34 nitrogen and oxygen atoms in total. The van der Waals surface area contributed by atoms with Crippen LogP contribution in [0.2, 0.25) is 0 Å². The van der Waals surface area contributed by atoms with E-state index in [9.17, 15) is 76.2 Å². The number of carboxylic acid groups (broad SMARTS) is 2. The summed E-state index contributed by atoms with van der Waals surface area (Å²) < 4.78 is 51.6. The normalized spacial score (nSPS) is 20.2. The van der Waals surface area contributed by atoms with Gasteiger partial charge in [0.25, 0.3) is 21.6 Å². The number of nitrogens with one attached hydrogen (secondary N) is 7. The number of aliphatic carboxylic acids is 2. The number of carbonyl (C=O) groups excluding carboxylic acids is 9. The molecular formula is C70H79N15O19S3+2. The van der Waals surface area contributed by atoms with Gasteiger partial charge in [0.2, 0.25) is 29.4 Å². The number of alkyl carbamates (subject to hydrolysis) is 1. The number of aromatic amines is 1. The number of rotatable bonds is 34. The van der Waals surface area contributed by atoms with Crippen LogP contribution < -0.4 is 53.9 Å². The first-order chi connectivity index (χ1) is 50.9. The van der Waals surface area contributed by atoms with Crippen LogP contribution >= 0.6 is 21.6 Å². The van der Waals surface area contributed by atoms with E-state index in [0.29, 0.717) is 39.9 Å². The number of methoxy groups -OCH3 is 1. The number of carboxylic acids is 2. The van der Waals surface area contributed by atoms with Crippen LogP contribution in [0.3, 0.4) is 0 Å². The molecule has 1 spiro atoms. The summed E-state index contributed by atoms with van der Waals surface area (Å²) in [5.74, 6) is -13.8. The van der Waals surface area contributed by atoms with Crippen LogP contribution in [0.4, 0.5) is 16.4 Å². The van der Waals surface area contributed by atoms with Gasteiger partial charge in [0, 0.05) is 97.4 Å². The first kappa shape index (κ1) is 76.0. The van der Waals surface area contributed by atoms with E-state index >= 15 is 0 Å². The second-order valence-electron chi connectivity index (χ2n) is 27.1. The zero-order valence-corrected chi connectivity index (χ0v) is 61.6. The first-order valence-corrected chi connectivity index (χ1v) is 38.7. The average Bonchev–Trinajstić information content (AvgIpc) is 1.46. The molecule has 5 amide bonds. The summed E-state index contributed by atoms with van der Waals surface area (Å²) in [4.78, 5) is 175. The molecule has 1 aliphatic carbocycles. The molecule has 564 valence electrons. The van der Waals surface area contributed by atoms with Crippen molar-refractivity contribution in [1.29, 1.82) is 0 Å². The van der Waals surface area contributed by atoms with Gasteiger partial charge in [-0.15, -0.1) is 0 Å². The molecule has 37 heteroatoms. The Labute approximate surface area is 617 Å². The van der Waals surface area contributed by atoms with E-state index in [1.807, 2.05) is 13.8 Å². The highest BCUT2D eigenvalue weighted by atomic mass is 33.1. The van der Waals surface area contributed by atoms with Crippen LogP contribution in [0.15, 0.2) is 46.7 Å². The van der Waals surface area contributed by atoms with Crippen LogP contribution in [0, 0.1) is 49.4 Å². The summed E-state index contributed by atoms with van der Waals surface area (Å²) in [6.45, 7) is 11.3. The lowest BCUT2D eigenvalue weighted by Gasteiger charge is -2.39. The van der Waals surface area contributed by atoms with E-state index in [-0.39, 0.29) is 102 Å². The molecule has 107 heavy (non-hydrogen) atoms. The maximum atomic E-state index is 15.0. The number of nitrogens with two attached hydrogens (primary N) is 1. The number of hydrogen-bond acceptors (Lipinski definition) is 23. The van der Waals surface area contributed by atoms with E-state index in [4.69, 9.17) is 19.8 Å². The summed E-state index contributed by atoms with van der Waals surface area (Å²) in [6.07, 6.45) is 5.66. The molecule has 1 aromatic carbocycles. The zero-order chi connectivity index (χ0) is 77.0. The third-order valence-corrected chi connectivity index (χ3v) is 23.7. The molecule has 1 unspecified atom stereocenters. The fourth-order valence-electron chi connectivity index (χ4n) is 15.7. The third kappa shape index (κ3) is 14.1. The molecule has 5 aromatic rings. The van der Waals surface area contributed by atoms with E-state index in [1.165, 1.54) is 37.6 Å². The number of ether oxygens (including phenoxy) is 2. The number of Topliss-reactive ketones (excluding diaryl/α,β-unsaturated/α-hetero) is 3. The number of benzene rings is 1. The fraction of sp³-hybridized carbons (Fsp3) is 0.443. The molecule has 6 aliphatic heterocycles. The van der Waals surface area contributed by atoms with Gasteiger partial charge in [0.15, 0.2) is 45.8 Å². The van der Waals surface area contributed by atoms with Crippen molar-refractivity contribution in [2.45, 2.75) is 111 Å². The van der Waals surface area contributed by atoms with Crippen LogP contribution in [0.1, 0.15) is 132 Å². The second-order valence-corrected chi connectivity index (χ2v) is 31.3. The zero-order valence-electron chi connectivity index (χ0n) is 59.2. The lowest BCUT2D eigenvalue weighted by atomic mass is 9.81. The summed E-state index contributed by atoms with van der Waals surface area (Å²) >= 11 is 0. The van der Waals surface area contributed by atoms with Crippen molar-refractivity contribution in [2.75, 3.05) is 61.7 Å². The Morgan fingerprint density at radius 1 is 0.822 bits per heavy atom. The average molecular weight is 1530 g/mol. The van der Waals surface area contributed by atoms with Gasteiger partial charge < -0.3 is 57.3 Å². The molecule has 0 radical (unpaired) electrons. The number of aromatic nitrogens is 6. The summed E-state index contributed by atoms with van der Waals surface area (Å²) in [5.41, 5.74) is 14.5. The van der Waals surface area contributed by atoms with Gasteiger partial charge in [0.1, 0.15) is 24.5 Å². The van der Waals surface area contributed by atoms with Crippen molar-refractivity contribution in [2.24, 2.45) is 35.5 Å². The van der Waals surface area contributed by atoms with E-state index in [2.05, 4.69) is 109 Å². The first-order valence-electron chi connectivity index (χ1n) is 34.6. The molecule has 7 aliphatic rings. The number of anilines is 2. The van der Waals surface area contributed by atoms with Crippen molar-refractivity contribution in [3.05, 3.63) is 108 Å². The Kier molecular flexibility index (Phi) is 21.5. The Hall–Kier alpha value is -10.7. The summed E-state index contributed by atoms with van der Waals surface area (Å²) in [6, 6.07) is 2.60. The smallest absolute Gasteiger partial charge is 0.480 e. The van der Waals surface area contributed by atoms with Gasteiger partial charge in [-0.25, -0.2) is 24.4 Å². The SMILES string of the molecule is CC[C@H]1C2=[N+]3C(=Cc4c(C(C)=O)c(C)c5n4[C@]34n3c(c(C)c6c3=C(C3=[N+]4C(=C5)[C@@H](C)[C@@H]3CCC(=O)NCCNC(=O)OCCSSC[C@H](NC(=O)[C@@H](CC(=O)CC[C@H](NC(=O)c3ccc(NCc4cnc5nc(N)[nH]c(=O)c5n4)cc3)C(=O)O)CC(=O)NCCS(=O)(=O)O)C(=O)O)C(C(=O)OC)C6=O)=C2)[C@@H]1C. The quantitative estimate of drug-likeness (QED) is 0.00523. The molecule has 0 bridgehead atoms. The summed E-state index contributed by atoms with van der Waals surface area (Å²) in [7, 11) is -1.19. The maximum absolute atomic E-state index is 15.0. The second kappa shape index (κ2) is 30.3. The minimum atomic E-state index is -4.52. The highest BCUT2D eigenvalue weighted by molar-refractivity contribution is 8.76. The Morgan fingerprint density at radius 2 is 1.51 bits per heavy atom. The number of esters is 1. The largest absolute Gasteiger partial charge is 0.552 e. The Balaban J connectivity index is 0.615. The lowest BCUT2D eigenvalue weighted by Crippen LogP contribution is -2.70. The number of ketones is 3. The monoisotopic (exact) mass is 1530 g/mol. The summed E-state index contributed by atoms with van der Waals surface area (Å²) in [5, 5.41) is 37.0. The molecule has 9 atom stereocenters. The van der Waals surface area contributed by atoms with Gasteiger partial charge in [-0.2, -0.15) is 22.5 Å². The Bertz CT molecular complexity index is 5150. The minimum Gasteiger partial charge on any atom is -0.480 e. The van der Waals surface area contributed by atoms with E-state index < -0.39 is 137 Å². The maximum Gasteiger partial charge on any atom is 0.552 e. The predicted molar refractivity (Wildman–Crippen MR) is 388 cm³/mol. The number of nitrogens with zero attached hydrogens (tertiary/aromatic N) is 7. The molecule has 0 saturated heterocycles. The lowest BCUT2D eigenvalue weighted by molar-refractivity contribution is -0.837. The van der Waals surface area contributed by atoms with Gasteiger partial charge >= 0.3 is 29.9 Å². The Morgan fingerprint density at radius 3 is 2.21 bits per heavy atom. The van der Waals surface area contributed by atoms with Gasteiger partial charge in [-0.05, 0) is 75.4 Å². The van der Waals surface area contributed by atoms with Crippen LogP contribution in [-0.4, -0.2) is 201 Å². The minimum absolute atomic E-state index is 0.0188. The number of fused-ring (bicyclic) bond motifs is 2. The number of allylic oxidation sites excluding steroid dienone is 2. The molecule has 0 fully saturated rings. The van der Waals surface area contributed by atoms with Crippen LogP contribution in [-0.2, 0) is 65.6 Å². The van der Waals surface area contributed by atoms with Crippen LogP contribution in [0.25, 0.3) is 35.0 Å². The number of H-pyrrole nitrogens is 1. The van der Waals surface area contributed by atoms with Crippen molar-refractivity contribution in [3.63, 3.8) is 0 Å². The molecule has 12 N–H and O–H groups in total. The number of nitrogen functional groups attached to an aromatic ring is 1. The molecule has 0 saturated carbocycles. The topological polar surface area (TPSA) is 487 Å². The van der Waals surface area contributed by atoms with E-state index in [0.717, 1.165) is 78.7 Å². The molecule has 10 heterocycles. The van der Waals surface area contributed by atoms with Crippen LogP contribution in [0.5, 0.6) is 0 Å². The molecule has 12 rings (SSSR count). The van der Waals surface area contributed by atoms with Gasteiger partial charge in [-0.1, -0.05) is 51.5 Å². The fourth-order valence-corrected chi connectivity index (χ4v) is 18.0. The van der Waals surface area contributed by atoms with E-state index in [1.54, 1.807) is 6.92 Å². The number of amides is 5. The van der Waals surface area contributed by atoms with Crippen molar-refractivity contribution < 1.29 is 94.5 Å². The van der Waals surface area contributed by atoms with Crippen molar-refractivity contribution >= 4 is 155 Å². The van der Waals surface area contributed by atoms with Gasteiger partial charge in [0.05, 0.1) is 88.5 Å². The van der Waals surface area contributed by atoms with Gasteiger partial charge in [-0.3, -0.25) is 52.7 Å². The predicted octanol–water partition coefficient (Wildman–Crippen LogP) is 1.15. The highest BCUT2D eigenvalue weighted by Gasteiger charge is 2.77. The molecule has 4 aromatic heterocycles. The standard InChI is InChI=1S/C70H77N15O19S3/c1-8-41-31(2)45-27-50-53(35(6)86)33(4)47-25-46-32(3)42(58-55-56(67(98)103-7)60(90)54-34(5)48-26-49(41)82(45)70(83(47)50,84(46)58)85(48)59(54)55)14-16-51(88)72-17-18-74-69(99)104-20-21-105-106-30-44(66(96)97)79-63(92)37(24-52(89)73-19-22-107(100,101)102)23-40(87)13-15-43(65(94)95)78-62(91)36-9-11-38(12-10-36)75-28-39-29-76-61-57(77-39)64(93)81-68(71)80-61/h9-12,25-27,29,31-32,37,41-44,56H,8,13-24,28,30H2,1-7H3,(H10-,71,72,73,74,75,78,79,81,88,89,91,92,93,94,95,96,97,99,100,101,102)/p+2/t31-,32+,37+,41-,42+,43+,44+,56?,70-/m1/s1. The highest BCUT2D eigenvalue weighted by Crippen LogP contribution is 2.56. The number of hydrogen-bond donors (Lipinski definition) is 11. The van der Waals surface area contributed by atoms with Crippen molar-refractivity contribution in [1.82, 2.24) is 55.7 Å². The number of carbonyl (C=O) groups is 11. The third-order valence-electron chi connectivity index (χ3n) is 20.6. The van der Waals surface area contributed by atoms with Crippen molar-refractivity contribution in [3.8, 4) is 0 Å².